The molecule has 0 spiro atoms. The molecule has 0 unspecified atom stereocenters. The molecule has 170 valence electrons. The SMILES string of the molecule is COc1ccc(-c2coc3cc(OC(=O)c4cc5cc(Cl)ccc5o4)ccc3c2=O)cc1OC. The molecule has 0 fully saturated rings. The van der Waals surface area contributed by atoms with E-state index in [1.165, 1.54) is 32.6 Å². The maximum atomic E-state index is 13.1. The number of halogens is 1. The van der Waals surface area contributed by atoms with Crippen LogP contribution in [0, 0.1) is 0 Å². The highest BCUT2D eigenvalue weighted by Gasteiger charge is 2.17. The van der Waals surface area contributed by atoms with Crippen LogP contribution in [0.3, 0.4) is 0 Å². The van der Waals surface area contributed by atoms with E-state index in [2.05, 4.69) is 0 Å². The summed E-state index contributed by atoms with van der Waals surface area (Å²) in [6, 6.07) is 16.3. The summed E-state index contributed by atoms with van der Waals surface area (Å²) in [4.78, 5) is 25.7. The summed E-state index contributed by atoms with van der Waals surface area (Å²) in [6.45, 7) is 0. The topological polar surface area (TPSA) is 88.1 Å². The number of carbonyl (C=O) groups excluding carboxylic acids is 1. The largest absolute Gasteiger partial charge is 0.493 e. The number of hydrogen-bond donors (Lipinski definition) is 0. The molecule has 0 aliphatic heterocycles. The molecular formula is C26H17ClO7. The predicted molar refractivity (Wildman–Crippen MR) is 127 cm³/mol. The van der Waals surface area contributed by atoms with Crippen molar-refractivity contribution in [3.05, 3.63) is 87.9 Å². The first-order valence-corrected chi connectivity index (χ1v) is 10.5. The Morgan fingerprint density at radius 3 is 2.50 bits per heavy atom. The number of methoxy groups -OCH3 is 2. The summed E-state index contributed by atoms with van der Waals surface area (Å²) >= 11 is 5.98. The normalized spacial score (nSPS) is 11.0. The highest BCUT2D eigenvalue weighted by atomic mass is 35.5. The smallest absolute Gasteiger partial charge is 0.379 e. The number of furan rings is 1. The van der Waals surface area contributed by atoms with Gasteiger partial charge in [-0.15, -0.1) is 0 Å². The third-order valence-corrected chi connectivity index (χ3v) is 5.57. The summed E-state index contributed by atoms with van der Waals surface area (Å²) in [6.07, 6.45) is 1.36. The van der Waals surface area contributed by atoms with Crippen molar-refractivity contribution in [3.63, 3.8) is 0 Å². The van der Waals surface area contributed by atoms with Gasteiger partial charge in [0.15, 0.2) is 16.9 Å². The Bertz CT molecular complexity index is 1610. The third kappa shape index (κ3) is 3.86. The summed E-state index contributed by atoms with van der Waals surface area (Å²) < 4.78 is 27.2. The first kappa shape index (κ1) is 21.6. The maximum Gasteiger partial charge on any atom is 0.379 e. The zero-order chi connectivity index (χ0) is 23.8. The van der Waals surface area contributed by atoms with Crippen LogP contribution >= 0.6 is 11.6 Å². The van der Waals surface area contributed by atoms with Gasteiger partial charge in [-0.25, -0.2) is 4.79 Å². The number of esters is 1. The molecule has 5 aromatic rings. The summed E-state index contributed by atoms with van der Waals surface area (Å²) in [5, 5.41) is 1.56. The minimum absolute atomic E-state index is 0.0302. The van der Waals surface area contributed by atoms with Crippen molar-refractivity contribution in [1.82, 2.24) is 0 Å². The molecule has 0 N–H and O–H groups in total. The molecular weight excluding hydrogens is 460 g/mol. The van der Waals surface area contributed by atoms with E-state index in [4.69, 9.17) is 34.6 Å². The Labute approximate surface area is 198 Å². The Morgan fingerprint density at radius 2 is 1.71 bits per heavy atom. The van der Waals surface area contributed by atoms with E-state index < -0.39 is 5.97 Å². The fourth-order valence-electron chi connectivity index (χ4n) is 3.65. The lowest BCUT2D eigenvalue weighted by molar-refractivity contribution is 0.0704. The van der Waals surface area contributed by atoms with Gasteiger partial charge in [0.2, 0.25) is 5.76 Å². The van der Waals surface area contributed by atoms with Gasteiger partial charge >= 0.3 is 5.97 Å². The van der Waals surface area contributed by atoms with Crippen LogP contribution in [0.15, 0.2) is 80.6 Å². The monoisotopic (exact) mass is 476 g/mol. The molecule has 0 aliphatic rings. The molecule has 2 heterocycles. The van der Waals surface area contributed by atoms with Crippen molar-refractivity contribution < 1.29 is 27.8 Å². The molecule has 5 rings (SSSR count). The van der Waals surface area contributed by atoms with Crippen molar-refractivity contribution in [2.75, 3.05) is 14.2 Å². The van der Waals surface area contributed by atoms with Crippen LogP contribution in [-0.4, -0.2) is 20.2 Å². The quantitative estimate of drug-likeness (QED) is 0.224. The van der Waals surface area contributed by atoms with Crippen LogP contribution in [0.25, 0.3) is 33.1 Å². The van der Waals surface area contributed by atoms with Crippen molar-refractivity contribution in [2.24, 2.45) is 0 Å². The number of fused-ring (bicyclic) bond motifs is 2. The minimum atomic E-state index is -0.684. The van der Waals surface area contributed by atoms with Crippen LogP contribution in [0.5, 0.6) is 17.2 Å². The Hall–Kier alpha value is -4.23. The Kier molecular flexibility index (Phi) is 5.47. The average molecular weight is 477 g/mol. The molecule has 0 bridgehead atoms. The predicted octanol–water partition coefficient (Wildman–Crippen LogP) is 6.10. The lowest BCUT2D eigenvalue weighted by atomic mass is 10.0. The highest BCUT2D eigenvalue weighted by molar-refractivity contribution is 6.31. The van der Waals surface area contributed by atoms with Crippen LogP contribution in [-0.2, 0) is 0 Å². The molecule has 0 radical (unpaired) electrons. The lowest BCUT2D eigenvalue weighted by Gasteiger charge is -2.10. The number of ether oxygens (including phenoxy) is 3. The second-order valence-electron chi connectivity index (χ2n) is 7.39. The lowest BCUT2D eigenvalue weighted by Crippen LogP contribution is -2.08. The van der Waals surface area contributed by atoms with E-state index in [-0.39, 0.29) is 22.5 Å². The van der Waals surface area contributed by atoms with Gasteiger partial charge in [-0.2, -0.15) is 0 Å². The Balaban J connectivity index is 1.45. The van der Waals surface area contributed by atoms with E-state index in [0.717, 1.165) is 0 Å². The van der Waals surface area contributed by atoms with Crippen molar-refractivity contribution >= 4 is 39.5 Å². The van der Waals surface area contributed by atoms with Gasteiger partial charge in [0, 0.05) is 16.5 Å². The van der Waals surface area contributed by atoms with Gasteiger partial charge in [0.25, 0.3) is 0 Å². The molecule has 0 saturated carbocycles. The van der Waals surface area contributed by atoms with Gasteiger partial charge in [-0.05, 0) is 54.1 Å². The molecule has 0 atom stereocenters. The molecule has 0 saturated heterocycles. The van der Waals surface area contributed by atoms with Crippen molar-refractivity contribution in [1.29, 1.82) is 0 Å². The zero-order valence-corrected chi connectivity index (χ0v) is 18.8. The third-order valence-electron chi connectivity index (χ3n) is 5.33. The van der Waals surface area contributed by atoms with Gasteiger partial charge in [-0.1, -0.05) is 17.7 Å². The van der Waals surface area contributed by atoms with E-state index in [1.807, 2.05) is 0 Å². The molecule has 0 amide bonds. The summed E-state index contributed by atoms with van der Waals surface area (Å²) in [5.74, 6) is 0.599. The first-order valence-electron chi connectivity index (χ1n) is 10.2. The van der Waals surface area contributed by atoms with Crippen LogP contribution in [0.1, 0.15) is 10.6 Å². The summed E-state index contributed by atoms with van der Waals surface area (Å²) in [5.41, 5.74) is 1.54. The fraction of sp³-hybridized carbons (Fsp3) is 0.0769. The van der Waals surface area contributed by atoms with Crippen LogP contribution < -0.4 is 19.6 Å². The van der Waals surface area contributed by atoms with E-state index in [1.54, 1.807) is 48.5 Å². The molecule has 8 heteroatoms. The van der Waals surface area contributed by atoms with E-state index >= 15 is 0 Å². The Morgan fingerprint density at radius 1 is 0.882 bits per heavy atom. The van der Waals surface area contributed by atoms with Crippen molar-refractivity contribution in [3.8, 4) is 28.4 Å². The fourth-order valence-corrected chi connectivity index (χ4v) is 3.83. The average Bonchev–Trinajstić information content (AvgIpc) is 3.27. The van der Waals surface area contributed by atoms with E-state index in [0.29, 0.717) is 44.0 Å². The first-order chi connectivity index (χ1) is 16.5. The zero-order valence-electron chi connectivity index (χ0n) is 18.1. The molecule has 7 nitrogen and oxygen atoms in total. The molecule has 0 aliphatic carbocycles. The van der Waals surface area contributed by atoms with E-state index in [9.17, 15) is 9.59 Å². The molecule has 2 aromatic heterocycles. The van der Waals surface area contributed by atoms with Gasteiger partial charge in [0.1, 0.15) is 23.2 Å². The number of benzene rings is 3. The number of hydrogen-bond acceptors (Lipinski definition) is 7. The van der Waals surface area contributed by atoms with Gasteiger partial charge < -0.3 is 23.0 Å². The minimum Gasteiger partial charge on any atom is -0.493 e. The highest BCUT2D eigenvalue weighted by Crippen LogP contribution is 2.32. The van der Waals surface area contributed by atoms with Crippen molar-refractivity contribution in [2.45, 2.75) is 0 Å². The van der Waals surface area contributed by atoms with Gasteiger partial charge in [0.05, 0.1) is 25.2 Å². The molecule has 34 heavy (non-hydrogen) atoms. The standard InChI is InChI=1S/C26H17ClO7/c1-30-21-7-3-14(10-23(21)31-2)19-13-32-22-12-17(5-6-18(22)25(19)28)33-26(29)24-11-15-9-16(27)4-8-20(15)34-24/h3-13H,1-2H3. The maximum absolute atomic E-state index is 13.1. The van der Waals surface area contributed by atoms with Crippen LogP contribution in [0.4, 0.5) is 0 Å². The second-order valence-corrected chi connectivity index (χ2v) is 7.82. The molecule has 3 aromatic carbocycles. The second kappa shape index (κ2) is 8.61. The van der Waals surface area contributed by atoms with Crippen LogP contribution in [0.2, 0.25) is 5.02 Å². The number of carbonyl (C=O) groups is 1. The summed E-state index contributed by atoms with van der Waals surface area (Å²) in [7, 11) is 3.06. The number of rotatable bonds is 5. The van der Waals surface area contributed by atoms with Gasteiger partial charge in [-0.3, -0.25) is 4.79 Å².